The maximum absolute atomic E-state index is 8.57. The SMILES string of the molecule is CCC(C/C(N)=N/O)Nc1cc(C)ccc1Br. The van der Waals surface area contributed by atoms with Gasteiger partial charge >= 0.3 is 0 Å². The number of hydrogen-bond donors (Lipinski definition) is 3. The van der Waals surface area contributed by atoms with Crippen LogP contribution in [0.5, 0.6) is 0 Å². The maximum Gasteiger partial charge on any atom is 0.141 e. The highest BCUT2D eigenvalue weighted by atomic mass is 79.9. The molecule has 5 heteroatoms. The molecule has 1 aromatic carbocycles. The molecule has 0 saturated carbocycles. The quantitative estimate of drug-likeness (QED) is 0.339. The molecule has 0 amide bonds. The van der Waals surface area contributed by atoms with Gasteiger partial charge in [-0.2, -0.15) is 0 Å². The highest BCUT2D eigenvalue weighted by Crippen LogP contribution is 2.24. The van der Waals surface area contributed by atoms with E-state index in [-0.39, 0.29) is 11.9 Å². The van der Waals surface area contributed by atoms with Crippen LogP contribution in [0.15, 0.2) is 27.8 Å². The summed E-state index contributed by atoms with van der Waals surface area (Å²) in [6, 6.07) is 6.27. The van der Waals surface area contributed by atoms with Crippen LogP contribution in [0, 0.1) is 6.92 Å². The first-order valence-electron chi connectivity index (χ1n) is 5.56. The molecule has 94 valence electrons. The van der Waals surface area contributed by atoms with Crippen molar-refractivity contribution in [2.24, 2.45) is 10.9 Å². The highest BCUT2D eigenvalue weighted by molar-refractivity contribution is 9.10. The Hall–Kier alpha value is -1.23. The molecule has 0 bridgehead atoms. The minimum absolute atomic E-state index is 0.156. The number of oxime groups is 1. The van der Waals surface area contributed by atoms with Gasteiger partial charge in [0, 0.05) is 22.6 Å². The van der Waals surface area contributed by atoms with Crippen molar-refractivity contribution in [2.45, 2.75) is 32.7 Å². The van der Waals surface area contributed by atoms with Gasteiger partial charge in [0.05, 0.1) is 0 Å². The van der Waals surface area contributed by atoms with Crippen molar-refractivity contribution in [3.63, 3.8) is 0 Å². The summed E-state index contributed by atoms with van der Waals surface area (Å²) < 4.78 is 1.01. The zero-order chi connectivity index (χ0) is 12.8. The van der Waals surface area contributed by atoms with Crippen molar-refractivity contribution in [2.75, 3.05) is 5.32 Å². The van der Waals surface area contributed by atoms with Crippen molar-refractivity contribution in [1.82, 2.24) is 0 Å². The Labute approximate surface area is 110 Å². The van der Waals surface area contributed by atoms with Crippen LogP contribution in [0.1, 0.15) is 25.3 Å². The van der Waals surface area contributed by atoms with Crippen molar-refractivity contribution < 1.29 is 5.21 Å². The van der Waals surface area contributed by atoms with Crippen LogP contribution in [0.4, 0.5) is 5.69 Å². The standard InChI is InChI=1S/C12H18BrN3O/c1-3-9(7-12(14)16-17)15-11-6-8(2)4-5-10(11)13/h4-6,9,15,17H,3,7H2,1-2H3,(H2,14,16). The number of nitrogens with two attached hydrogens (primary N) is 1. The topological polar surface area (TPSA) is 70.6 Å². The molecule has 0 saturated heterocycles. The average Bonchev–Trinajstić information content (AvgIpc) is 2.32. The molecule has 1 unspecified atom stereocenters. The summed E-state index contributed by atoms with van der Waals surface area (Å²) >= 11 is 3.50. The lowest BCUT2D eigenvalue weighted by molar-refractivity contribution is 0.316. The molecule has 0 fully saturated rings. The van der Waals surface area contributed by atoms with Gasteiger partial charge in [0.1, 0.15) is 5.84 Å². The van der Waals surface area contributed by atoms with E-state index in [2.05, 4.69) is 39.4 Å². The van der Waals surface area contributed by atoms with Gasteiger partial charge in [-0.3, -0.25) is 0 Å². The third kappa shape index (κ3) is 4.26. The third-order valence-electron chi connectivity index (χ3n) is 2.56. The van der Waals surface area contributed by atoms with Gasteiger partial charge in [-0.1, -0.05) is 18.1 Å². The average molecular weight is 300 g/mol. The molecule has 0 aliphatic carbocycles. The number of hydrogen-bond acceptors (Lipinski definition) is 3. The molecule has 1 rings (SSSR count). The van der Waals surface area contributed by atoms with Gasteiger partial charge in [-0.05, 0) is 47.0 Å². The van der Waals surface area contributed by atoms with Crippen LogP contribution in [-0.4, -0.2) is 17.1 Å². The van der Waals surface area contributed by atoms with Crippen molar-refractivity contribution in [1.29, 1.82) is 0 Å². The molecule has 1 atom stereocenters. The lowest BCUT2D eigenvalue weighted by atomic mass is 10.1. The fourth-order valence-electron chi connectivity index (χ4n) is 1.56. The van der Waals surface area contributed by atoms with E-state index in [1.54, 1.807) is 0 Å². The molecule has 4 nitrogen and oxygen atoms in total. The van der Waals surface area contributed by atoms with Gasteiger partial charge < -0.3 is 16.3 Å². The summed E-state index contributed by atoms with van der Waals surface area (Å²) in [5.74, 6) is 0.244. The Morgan fingerprint density at radius 3 is 2.88 bits per heavy atom. The lowest BCUT2D eigenvalue weighted by Gasteiger charge is -2.19. The first-order valence-corrected chi connectivity index (χ1v) is 6.35. The molecule has 1 aromatic rings. The summed E-state index contributed by atoms with van der Waals surface area (Å²) in [4.78, 5) is 0. The minimum atomic E-state index is 0.156. The summed E-state index contributed by atoms with van der Waals surface area (Å²) in [7, 11) is 0. The summed E-state index contributed by atoms with van der Waals surface area (Å²) in [6.45, 7) is 4.11. The number of rotatable bonds is 5. The van der Waals surface area contributed by atoms with Gasteiger partial charge in [0.2, 0.25) is 0 Å². The van der Waals surface area contributed by atoms with E-state index in [0.29, 0.717) is 6.42 Å². The number of aryl methyl sites for hydroxylation is 1. The van der Waals surface area contributed by atoms with E-state index >= 15 is 0 Å². The van der Waals surface area contributed by atoms with Crippen LogP contribution in [-0.2, 0) is 0 Å². The number of nitrogens with one attached hydrogen (secondary N) is 1. The fourth-order valence-corrected chi connectivity index (χ4v) is 1.92. The second-order valence-corrected chi connectivity index (χ2v) is 4.88. The van der Waals surface area contributed by atoms with Crippen molar-refractivity contribution >= 4 is 27.5 Å². The highest BCUT2D eigenvalue weighted by Gasteiger charge is 2.10. The first kappa shape index (κ1) is 13.8. The number of amidine groups is 1. The lowest BCUT2D eigenvalue weighted by Crippen LogP contribution is -2.26. The second kappa shape index (κ2) is 6.49. The normalized spacial score (nSPS) is 13.5. The molecule has 17 heavy (non-hydrogen) atoms. The minimum Gasteiger partial charge on any atom is -0.409 e. The van der Waals surface area contributed by atoms with Gasteiger partial charge in [0.25, 0.3) is 0 Å². The van der Waals surface area contributed by atoms with Crippen LogP contribution in [0.3, 0.4) is 0 Å². The van der Waals surface area contributed by atoms with Crippen LogP contribution < -0.4 is 11.1 Å². The molecule has 0 aliphatic heterocycles. The molecule has 4 N–H and O–H groups in total. The Balaban J connectivity index is 2.76. The van der Waals surface area contributed by atoms with Crippen molar-refractivity contribution in [3.05, 3.63) is 28.2 Å². The van der Waals surface area contributed by atoms with Crippen LogP contribution in [0.2, 0.25) is 0 Å². The number of halogens is 1. The zero-order valence-corrected chi connectivity index (χ0v) is 11.7. The molecule has 0 radical (unpaired) electrons. The predicted molar refractivity (Wildman–Crippen MR) is 74.6 cm³/mol. The molecule has 0 aromatic heterocycles. The second-order valence-electron chi connectivity index (χ2n) is 4.03. The molecule has 0 heterocycles. The smallest absolute Gasteiger partial charge is 0.141 e. The van der Waals surface area contributed by atoms with E-state index in [4.69, 9.17) is 10.9 Å². The zero-order valence-electron chi connectivity index (χ0n) is 10.1. The molecule has 0 aliphatic rings. The Morgan fingerprint density at radius 2 is 2.29 bits per heavy atom. The third-order valence-corrected chi connectivity index (χ3v) is 3.25. The number of nitrogens with zero attached hydrogens (tertiary/aromatic N) is 1. The fraction of sp³-hybridized carbons (Fsp3) is 0.417. The van der Waals surface area contributed by atoms with E-state index in [1.165, 1.54) is 5.56 Å². The molecule has 0 spiro atoms. The largest absolute Gasteiger partial charge is 0.409 e. The maximum atomic E-state index is 8.57. The van der Waals surface area contributed by atoms with Gasteiger partial charge in [-0.25, -0.2) is 0 Å². The number of anilines is 1. The Kier molecular flexibility index (Phi) is 5.28. The Bertz CT molecular complexity index is 407. The summed E-state index contributed by atoms with van der Waals surface area (Å²) in [6.07, 6.45) is 1.42. The Morgan fingerprint density at radius 1 is 1.59 bits per heavy atom. The molecular formula is C12H18BrN3O. The van der Waals surface area contributed by atoms with E-state index in [1.807, 2.05) is 19.1 Å². The van der Waals surface area contributed by atoms with E-state index < -0.39 is 0 Å². The van der Waals surface area contributed by atoms with Crippen molar-refractivity contribution in [3.8, 4) is 0 Å². The summed E-state index contributed by atoms with van der Waals surface area (Å²) in [5, 5.41) is 15.0. The number of benzene rings is 1. The van der Waals surface area contributed by atoms with Gasteiger partial charge in [0.15, 0.2) is 0 Å². The van der Waals surface area contributed by atoms with Crippen LogP contribution in [0.25, 0.3) is 0 Å². The van der Waals surface area contributed by atoms with E-state index in [0.717, 1.165) is 16.6 Å². The monoisotopic (exact) mass is 299 g/mol. The van der Waals surface area contributed by atoms with Crippen LogP contribution >= 0.6 is 15.9 Å². The first-order chi connectivity index (χ1) is 8.06. The summed E-state index contributed by atoms with van der Waals surface area (Å²) in [5.41, 5.74) is 7.74. The molecular weight excluding hydrogens is 282 g/mol. The predicted octanol–water partition coefficient (Wildman–Crippen LogP) is 3.08. The van der Waals surface area contributed by atoms with Gasteiger partial charge in [-0.15, -0.1) is 0 Å². The van der Waals surface area contributed by atoms with E-state index in [9.17, 15) is 0 Å².